The van der Waals surface area contributed by atoms with E-state index in [2.05, 4.69) is 35.9 Å². The molecule has 0 amide bonds. The van der Waals surface area contributed by atoms with Gasteiger partial charge in [0, 0.05) is 18.8 Å². The summed E-state index contributed by atoms with van der Waals surface area (Å²) in [7, 11) is 0. The van der Waals surface area contributed by atoms with Gasteiger partial charge in [-0.25, -0.2) is 4.99 Å². The summed E-state index contributed by atoms with van der Waals surface area (Å²) in [5.74, 6) is 0.949. The van der Waals surface area contributed by atoms with Gasteiger partial charge in [0.1, 0.15) is 6.67 Å². The number of hydrogen-bond acceptors (Lipinski definition) is 4. The Morgan fingerprint density at radius 3 is 2.78 bits per heavy atom. The first-order chi connectivity index (χ1) is 8.71. The van der Waals surface area contributed by atoms with Gasteiger partial charge in [0.2, 0.25) is 0 Å². The van der Waals surface area contributed by atoms with Crippen LogP contribution in [-0.2, 0) is 6.54 Å². The van der Waals surface area contributed by atoms with Crippen LogP contribution in [0.1, 0.15) is 19.4 Å². The Balaban J connectivity index is 2.73. The Hall–Kier alpha value is -1.20. The van der Waals surface area contributed by atoms with Crippen molar-refractivity contribution in [3.8, 4) is 0 Å². The maximum absolute atomic E-state index is 5.79. The van der Waals surface area contributed by atoms with Crippen LogP contribution in [0.4, 0.5) is 5.69 Å². The maximum Gasteiger partial charge on any atom is 0.155 e. The van der Waals surface area contributed by atoms with Gasteiger partial charge in [-0.05, 0) is 30.4 Å². The van der Waals surface area contributed by atoms with Gasteiger partial charge in [0.25, 0.3) is 0 Å². The third-order valence-electron chi connectivity index (χ3n) is 2.58. The average molecular weight is 266 g/mol. The Labute approximate surface area is 113 Å². The second-order valence-corrected chi connectivity index (χ2v) is 5.09. The zero-order valence-corrected chi connectivity index (χ0v) is 11.9. The number of hydrogen-bond donors (Lipinski definition) is 2. The van der Waals surface area contributed by atoms with Gasteiger partial charge in [-0.15, -0.1) is 0 Å². The minimum Gasteiger partial charge on any atom is -0.378 e. The third kappa shape index (κ3) is 4.58. The molecule has 0 aliphatic carbocycles. The lowest BCUT2D eigenvalue weighted by Crippen LogP contribution is -2.24. The Bertz CT molecular complexity index is 392. The summed E-state index contributed by atoms with van der Waals surface area (Å²) in [5.41, 5.74) is 13.7. The fraction of sp³-hybridized carbons (Fsp3) is 0.462. The Morgan fingerprint density at radius 1 is 1.39 bits per heavy atom. The van der Waals surface area contributed by atoms with E-state index in [1.54, 1.807) is 11.8 Å². The quantitative estimate of drug-likeness (QED) is 0.610. The second kappa shape index (κ2) is 8.00. The molecule has 0 aliphatic rings. The van der Waals surface area contributed by atoms with Crippen LogP contribution < -0.4 is 16.4 Å². The number of anilines is 1. The molecular weight excluding hydrogens is 244 g/mol. The average Bonchev–Trinajstić information content (AvgIpc) is 2.40. The number of aliphatic imine (C=N–C) groups is 1. The van der Waals surface area contributed by atoms with Crippen LogP contribution in [0.3, 0.4) is 0 Å². The van der Waals surface area contributed by atoms with Crippen LogP contribution in [0.5, 0.6) is 0 Å². The van der Waals surface area contributed by atoms with Crippen molar-refractivity contribution in [1.82, 2.24) is 0 Å². The topological polar surface area (TPSA) is 67.6 Å². The molecule has 0 radical (unpaired) electrons. The van der Waals surface area contributed by atoms with Crippen molar-refractivity contribution in [1.29, 1.82) is 0 Å². The number of rotatable bonds is 6. The third-order valence-corrected chi connectivity index (χ3v) is 3.30. The molecular formula is C13H22N4S. The van der Waals surface area contributed by atoms with Crippen molar-refractivity contribution >= 4 is 22.6 Å². The van der Waals surface area contributed by atoms with E-state index in [4.69, 9.17) is 11.5 Å². The number of nitrogens with two attached hydrogens (primary N) is 2. The molecule has 0 saturated carbocycles. The molecule has 0 unspecified atom stereocenters. The van der Waals surface area contributed by atoms with Crippen molar-refractivity contribution in [3.63, 3.8) is 0 Å². The van der Waals surface area contributed by atoms with Gasteiger partial charge in [-0.1, -0.05) is 30.8 Å². The summed E-state index contributed by atoms with van der Waals surface area (Å²) >= 11 is 1.57. The van der Waals surface area contributed by atoms with E-state index in [0.717, 1.165) is 23.5 Å². The molecule has 1 aromatic rings. The largest absolute Gasteiger partial charge is 0.378 e. The minimum absolute atomic E-state index is 0.558. The molecule has 0 spiro atoms. The molecule has 1 aromatic carbocycles. The highest BCUT2D eigenvalue weighted by atomic mass is 32.2. The smallest absolute Gasteiger partial charge is 0.155 e. The molecule has 0 saturated heterocycles. The van der Waals surface area contributed by atoms with E-state index in [1.165, 1.54) is 0 Å². The van der Waals surface area contributed by atoms with Gasteiger partial charge < -0.3 is 16.4 Å². The van der Waals surface area contributed by atoms with Crippen molar-refractivity contribution in [2.75, 3.05) is 23.9 Å². The fourth-order valence-electron chi connectivity index (χ4n) is 1.59. The zero-order chi connectivity index (χ0) is 13.4. The van der Waals surface area contributed by atoms with Crippen LogP contribution in [0.25, 0.3) is 0 Å². The maximum atomic E-state index is 5.79. The number of thioether (sulfide) groups is 1. The molecule has 4 N–H and O–H groups in total. The van der Waals surface area contributed by atoms with Crippen molar-refractivity contribution < 1.29 is 0 Å². The van der Waals surface area contributed by atoms with Crippen LogP contribution >= 0.6 is 11.8 Å². The van der Waals surface area contributed by atoms with Gasteiger partial charge >= 0.3 is 0 Å². The summed E-state index contributed by atoms with van der Waals surface area (Å²) in [6.45, 7) is 6.20. The predicted molar refractivity (Wildman–Crippen MR) is 82.0 cm³/mol. The molecule has 0 atom stereocenters. The summed E-state index contributed by atoms with van der Waals surface area (Å²) in [6.07, 6.45) is 0. The van der Waals surface area contributed by atoms with E-state index in [9.17, 15) is 0 Å². The summed E-state index contributed by atoms with van der Waals surface area (Å²) in [6, 6.07) is 8.22. The molecule has 18 heavy (non-hydrogen) atoms. The molecule has 1 rings (SSSR count). The van der Waals surface area contributed by atoms with Crippen molar-refractivity contribution in [2.24, 2.45) is 16.5 Å². The molecule has 0 heterocycles. The van der Waals surface area contributed by atoms with Crippen LogP contribution in [0, 0.1) is 0 Å². The summed E-state index contributed by atoms with van der Waals surface area (Å²) < 4.78 is 0. The van der Waals surface area contributed by atoms with Gasteiger partial charge in [0.05, 0.1) is 0 Å². The fourth-order valence-corrected chi connectivity index (χ4v) is 2.04. The van der Waals surface area contributed by atoms with Gasteiger partial charge in [-0.3, -0.25) is 0 Å². The molecule has 0 bridgehead atoms. The van der Waals surface area contributed by atoms with Crippen LogP contribution in [0.15, 0.2) is 29.3 Å². The van der Waals surface area contributed by atoms with Gasteiger partial charge in [0.15, 0.2) is 5.17 Å². The summed E-state index contributed by atoms with van der Waals surface area (Å²) in [4.78, 5) is 6.54. The monoisotopic (exact) mass is 266 g/mol. The molecule has 5 heteroatoms. The molecule has 0 fully saturated rings. The highest BCUT2D eigenvalue weighted by molar-refractivity contribution is 8.13. The number of amidine groups is 1. The first-order valence-corrected chi connectivity index (χ1v) is 7.16. The SMILES string of the molecule is CCS/C(N)=N/CN(CC)c1cccc(CN)c1. The van der Waals surface area contributed by atoms with Crippen LogP contribution in [0.2, 0.25) is 0 Å². The zero-order valence-electron chi connectivity index (χ0n) is 11.1. The minimum atomic E-state index is 0.558. The highest BCUT2D eigenvalue weighted by Gasteiger charge is 2.04. The normalized spacial score (nSPS) is 11.6. The Morgan fingerprint density at radius 2 is 2.17 bits per heavy atom. The molecule has 4 nitrogen and oxygen atoms in total. The van der Waals surface area contributed by atoms with E-state index < -0.39 is 0 Å². The molecule has 0 aliphatic heterocycles. The van der Waals surface area contributed by atoms with Crippen molar-refractivity contribution in [3.05, 3.63) is 29.8 Å². The molecule has 100 valence electrons. The highest BCUT2D eigenvalue weighted by Crippen LogP contribution is 2.16. The molecule has 0 aromatic heterocycles. The number of nitrogens with zero attached hydrogens (tertiary/aromatic N) is 2. The van der Waals surface area contributed by atoms with E-state index in [0.29, 0.717) is 18.4 Å². The lowest BCUT2D eigenvalue weighted by atomic mass is 10.2. The van der Waals surface area contributed by atoms with E-state index in [1.807, 2.05) is 12.1 Å². The first kappa shape index (κ1) is 14.9. The lowest BCUT2D eigenvalue weighted by Gasteiger charge is -2.21. The standard InChI is InChI=1S/C13H22N4S/c1-3-17(10-16-13(15)18-4-2)12-7-5-6-11(8-12)9-14/h5-8H,3-4,9-10,14H2,1-2H3,(H2,15,16). The first-order valence-electron chi connectivity index (χ1n) is 6.17. The van der Waals surface area contributed by atoms with E-state index >= 15 is 0 Å². The van der Waals surface area contributed by atoms with Crippen LogP contribution in [-0.4, -0.2) is 24.1 Å². The lowest BCUT2D eigenvalue weighted by molar-refractivity contribution is 0.843. The van der Waals surface area contributed by atoms with Gasteiger partial charge in [-0.2, -0.15) is 0 Å². The number of benzene rings is 1. The summed E-state index contributed by atoms with van der Waals surface area (Å²) in [5, 5.41) is 0.644. The predicted octanol–water partition coefficient (Wildman–Crippen LogP) is 2.00. The second-order valence-electron chi connectivity index (χ2n) is 3.80. The van der Waals surface area contributed by atoms with Crippen molar-refractivity contribution in [2.45, 2.75) is 20.4 Å². The van der Waals surface area contributed by atoms with E-state index in [-0.39, 0.29) is 0 Å². The Kier molecular flexibility index (Phi) is 6.60.